The van der Waals surface area contributed by atoms with Gasteiger partial charge in [0.1, 0.15) is 18.5 Å². The minimum absolute atomic E-state index is 0.0911. The van der Waals surface area contributed by atoms with Crippen LogP contribution in [0.4, 0.5) is 0 Å². The van der Waals surface area contributed by atoms with Crippen LogP contribution in [0.3, 0.4) is 0 Å². The summed E-state index contributed by atoms with van der Waals surface area (Å²) in [5.74, 6) is 0.564. The van der Waals surface area contributed by atoms with Crippen LogP contribution >= 0.6 is 0 Å². The van der Waals surface area contributed by atoms with Crippen molar-refractivity contribution in [2.75, 3.05) is 26.3 Å². The zero-order valence-corrected chi connectivity index (χ0v) is 18.0. The third-order valence-corrected chi connectivity index (χ3v) is 4.81. The average molecular weight is 434 g/mol. The Morgan fingerprint density at radius 3 is 2.74 bits per heavy atom. The van der Waals surface area contributed by atoms with Crippen LogP contribution in [0, 0.1) is 10.1 Å². The Hall–Kier alpha value is -2.91. The molecule has 0 fully saturated rings. The molecule has 2 aromatic rings. The summed E-state index contributed by atoms with van der Waals surface area (Å²) in [7, 11) is 0. The number of hydrogen-bond acceptors (Lipinski definition) is 7. The predicted octanol–water partition coefficient (Wildman–Crippen LogP) is 2.44. The molecule has 2 aromatic carbocycles. The largest absolute Gasteiger partial charge is 0.490 e. The number of hydrogen-bond donors (Lipinski definition) is 3. The lowest BCUT2D eigenvalue weighted by molar-refractivity contribution is -0.757. The van der Waals surface area contributed by atoms with E-state index in [1.807, 2.05) is 56.3 Å². The van der Waals surface area contributed by atoms with Crippen LogP contribution in [0.2, 0.25) is 0 Å². The van der Waals surface area contributed by atoms with E-state index >= 15 is 0 Å². The summed E-state index contributed by atoms with van der Waals surface area (Å²) in [6.45, 7) is 4.86. The molecule has 1 atom stereocenters. The molecule has 0 aliphatic carbocycles. The van der Waals surface area contributed by atoms with Crippen LogP contribution < -0.4 is 15.4 Å². The molecule has 3 N–H and O–H groups in total. The summed E-state index contributed by atoms with van der Waals surface area (Å²) < 4.78 is 5.82. The van der Waals surface area contributed by atoms with E-state index in [2.05, 4.69) is 15.5 Å². The zero-order chi connectivity index (χ0) is 22.7. The molecule has 0 heterocycles. The van der Waals surface area contributed by atoms with E-state index in [0.29, 0.717) is 19.5 Å². The molecule has 31 heavy (non-hydrogen) atoms. The molecule has 0 radical (unpaired) electrons. The van der Waals surface area contributed by atoms with Gasteiger partial charge in [0.05, 0.1) is 6.61 Å². The van der Waals surface area contributed by atoms with E-state index in [-0.39, 0.29) is 37.5 Å². The number of fused-ring (bicyclic) bond motifs is 1. The summed E-state index contributed by atoms with van der Waals surface area (Å²) in [6, 6.07) is 13.8. The fraction of sp³-hybridized carbons (Fsp3) is 0.500. The molecule has 0 aliphatic heterocycles. The Kier molecular flexibility index (Phi) is 9.48. The van der Waals surface area contributed by atoms with Gasteiger partial charge in [-0.25, -0.2) is 0 Å². The third-order valence-electron chi connectivity index (χ3n) is 4.81. The first-order chi connectivity index (χ1) is 14.8. The maximum Gasteiger partial charge on any atom is 0.294 e. The van der Waals surface area contributed by atoms with Gasteiger partial charge in [0, 0.05) is 30.4 Å². The molecule has 9 nitrogen and oxygen atoms in total. The van der Waals surface area contributed by atoms with Crippen LogP contribution in [-0.4, -0.2) is 54.0 Å². The van der Waals surface area contributed by atoms with Crippen LogP contribution in [0.5, 0.6) is 5.75 Å². The number of aliphatic hydroxyl groups is 1. The highest BCUT2D eigenvalue weighted by atomic mass is 16.9. The van der Waals surface area contributed by atoms with Gasteiger partial charge in [0.2, 0.25) is 5.91 Å². The standard InChI is InChI=1S/C22H31N3O6/c1-22(2,12-13-23-21(27)11-6-14-31-25(28)29)24-15-18(26)16-30-20-10-5-8-17-7-3-4-9-19(17)20/h3-5,7-10,18,24,26H,6,11-16H2,1-2H3,(H,23,27). The van der Waals surface area contributed by atoms with Gasteiger partial charge in [-0.1, -0.05) is 36.4 Å². The lowest BCUT2D eigenvalue weighted by Gasteiger charge is -2.28. The minimum Gasteiger partial charge on any atom is -0.490 e. The monoisotopic (exact) mass is 433 g/mol. The van der Waals surface area contributed by atoms with Gasteiger partial charge in [-0.05, 0) is 38.1 Å². The van der Waals surface area contributed by atoms with Crippen molar-refractivity contribution in [2.45, 2.75) is 44.8 Å². The Balaban J connectivity index is 1.65. The Labute approximate surface area is 181 Å². The van der Waals surface area contributed by atoms with E-state index in [0.717, 1.165) is 16.5 Å². The van der Waals surface area contributed by atoms with Gasteiger partial charge < -0.3 is 25.3 Å². The molecule has 0 aromatic heterocycles. The summed E-state index contributed by atoms with van der Waals surface area (Å²) in [5.41, 5.74) is -0.303. The first kappa shape index (κ1) is 24.4. The fourth-order valence-corrected chi connectivity index (χ4v) is 3.02. The Morgan fingerprint density at radius 1 is 1.23 bits per heavy atom. The van der Waals surface area contributed by atoms with Gasteiger partial charge >= 0.3 is 0 Å². The highest BCUT2D eigenvalue weighted by Crippen LogP contribution is 2.25. The molecule has 9 heteroatoms. The molecule has 0 spiro atoms. The average Bonchev–Trinajstić information content (AvgIpc) is 2.73. The van der Waals surface area contributed by atoms with Crippen molar-refractivity contribution in [3.8, 4) is 5.75 Å². The van der Waals surface area contributed by atoms with Gasteiger partial charge in [0.15, 0.2) is 0 Å². The number of amides is 1. The quantitative estimate of drug-likeness (QED) is 0.238. The molecule has 170 valence electrons. The maximum absolute atomic E-state index is 11.7. The van der Waals surface area contributed by atoms with Crippen molar-refractivity contribution in [1.29, 1.82) is 0 Å². The topological polar surface area (TPSA) is 123 Å². The number of ether oxygens (including phenoxy) is 1. The van der Waals surface area contributed by atoms with Gasteiger partial charge in [0.25, 0.3) is 5.09 Å². The summed E-state index contributed by atoms with van der Waals surface area (Å²) in [4.78, 5) is 26.0. The number of carbonyl (C=O) groups is 1. The van der Waals surface area contributed by atoms with Crippen molar-refractivity contribution in [1.82, 2.24) is 10.6 Å². The normalized spacial score (nSPS) is 12.4. The highest BCUT2D eigenvalue weighted by Gasteiger charge is 2.19. The number of β-amino-alcohol motifs (C(OH)–C–C–N with tert-alkyl or cyclic N) is 1. The van der Waals surface area contributed by atoms with Crippen molar-refractivity contribution in [3.05, 3.63) is 52.6 Å². The van der Waals surface area contributed by atoms with E-state index in [4.69, 9.17) is 4.74 Å². The third kappa shape index (κ3) is 9.18. The Bertz CT molecular complexity index is 853. The van der Waals surface area contributed by atoms with E-state index in [9.17, 15) is 20.0 Å². The van der Waals surface area contributed by atoms with Crippen molar-refractivity contribution >= 4 is 16.7 Å². The maximum atomic E-state index is 11.7. The number of nitrogens with one attached hydrogen (secondary N) is 2. The molecule has 0 aliphatic rings. The van der Waals surface area contributed by atoms with Crippen LogP contribution in [0.15, 0.2) is 42.5 Å². The second-order valence-corrected chi connectivity index (χ2v) is 7.97. The number of nitrogens with zero attached hydrogens (tertiary/aromatic N) is 1. The molecular formula is C22H31N3O6. The first-order valence-corrected chi connectivity index (χ1v) is 10.3. The Morgan fingerprint density at radius 2 is 1.97 bits per heavy atom. The van der Waals surface area contributed by atoms with Gasteiger partial charge in [-0.15, -0.1) is 10.1 Å². The lowest BCUT2D eigenvalue weighted by Crippen LogP contribution is -2.46. The number of carbonyl (C=O) groups excluding carboxylic acids is 1. The van der Waals surface area contributed by atoms with Crippen molar-refractivity contribution in [3.63, 3.8) is 0 Å². The zero-order valence-electron chi connectivity index (χ0n) is 18.0. The van der Waals surface area contributed by atoms with Crippen molar-refractivity contribution < 1.29 is 24.6 Å². The second-order valence-electron chi connectivity index (χ2n) is 7.97. The molecule has 1 amide bonds. The van der Waals surface area contributed by atoms with Crippen LogP contribution in [0.25, 0.3) is 10.8 Å². The van der Waals surface area contributed by atoms with Crippen LogP contribution in [0.1, 0.15) is 33.1 Å². The molecule has 0 bridgehead atoms. The first-order valence-electron chi connectivity index (χ1n) is 10.3. The molecule has 1 unspecified atom stereocenters. The lowest BCUT2D eigenvalue weighted by atomic mass is 10.0. The van der Waals surface area contributed by atoms with E-state index in [1.165, 1.54) is 0 Å². The van der Waals surface area contributed by atoms with E-state index in [1.54, 1.807) is 0 Å². The van der Waals surface area contributed by atoms with Crippen LogP contribution in [-0.2, 0) is 9.63 Å². The highest BCUT2D eigenvalue weighted by molar-refractivity contribution is 5.88. The number of rotatable bonds is 14. The fourth-order valence-electron chi connectivity index (χ4n) is 3.02. The van der Waals surface area contributed by atoms with E-state index < -0.39 is 11.2 Å². The van der Waals surface area contributed by atoms with Gasteiger partial charge in [-0.3, -0.25) is 4.79 Å². The van der Waals surface area contributed by atoms with Crippen molar-refractivity contribution in [2.24, 2.45) is 0 Å². The number of aliphatic hydroxyl groups excluding tert-OH is 1. The molecule has 2 rings (SSSR count). The summed E-state index contributed by atoms with van der Waals surface area (Å²) in [5, 5.41) is 27.7. The smallest absolute Gasteiger partial charge is 0.294 e. The number of benzene rings is 2. The van der Waals surface area contributed by atoms with Gasteiger partial charge in [-0.2, -0.15) is 0 Å². The second kappa shape index (κ2) is 12.1. The summed E-state index contributed by atoms with van der Waals surface area (Å²) in [6.07, 6.45) is 0.430. The predicted molar refractivity (Wildman–Crippen MR) is 117 cm³/mol. The SMILES string of the molecule is CC(C)(CCNC(=O)CCCO[N+](=O)[O-])NCC(O)COc1cccc2ccccc12. The summed E-state index contributed by atoms with van der Waals surface area (Å²) >= 11 is 0. The minimum atomic E-state index is -0.867. The molecular weight excluding hydrogens is 402 g/mol. The molecule has 0 saturated heterocycles. The molecule has 0 saturated carbocycles.